The van der Waals surface area contributed by atoms with Gasteiger partial charge in [-0.3, -0.25) is 0 Å². The SMILES string of the molecule is CCC(C)S(=O)(=O)CCCO. The predicted molar refractivity (Wildman–Crippen MR) is 45.2 cm³/mol. The molecule has 0 saturated carbocycles. The molecule has 1 unspecified atom stereocenters. The van der Waals surface area contributed by atoms with E-state index < -0.39 is 9.84 Å². The van der Waals surface area contributed by atoms with Gasteiger partial charge in [0.1, 0.15) is 0 Å². The molecule has 3 nitrogen and oxygen atoms in total. The molecule has 0 radical (unpaired) electrons. The van der Waals surface area contributed by atoms with Crippen LogP contribution in [-0.2, 0) is 9.84 Å². The minimum atomic E-state index is -2.93. The smallest absolute Gasteiger partial charge is 0.152 e. The van der Waals surface area contributed by atoms with Crippen molar-refractivity contribution < 1.29 is 13.5 Å². The molecule has 0 aromatic rings. The first-order valence-electron chi connectivity index (χ1n) is 3.87. The average molecular weight is 180 g/mol. The van der Waals surface area contributed by atoms with Crippen molar-refractivity contribution in [2.24, 2.45) is 0 Å². The molecular weight excluding hydrogens is 164 g/mol. The monoisotopic (exact) mass is 180 g/mol. The fraction of sp³-hybridized carbons (Fsp3) is 1.00. The van der Waals surface area contributed by atoms with Gasteiger partial charge >= 0.3 is 0 Å². The quantitative estimate of drug-likeness (QED) is 0.673. The number of sulfone groups is 1. The lowest BCUT2D eigenvalue weighted by Gasteiger charge is -2.08. The van der Waals surface area contributed by atoms with E-state index in [4.69, 9.17) is 5.11 Å². The molecule has 0 amide bonds. The third-order valence-corrected chi connectivity index (χ3v) is 4.19. The van der Waals surface area contributed by atoms with Crippen molar-refractivity contribution in [3.63, 3.8) is 0 Å². The summed E-state index contributed by atoms with van der Waals surface area (Å²) in [4.78, 5) is 0. The number of rotatable bonds is 5. The molecule has 68 valence electrons. The molecule has 0 fully saturated rings. The molecule has 0 bridgehead atoms. The van der Waals surface area contributed by atoms with E-state index in [1.54, 1.807) is 6.92 Å². The summed E-state index contributed by atoms with van der Waals surface area (Å²) < 4.78 is 22.4. The fourth-order valence-electron chi connectivity index (χ4n) is 0.721. The lowest BCUT2D eigenvalue weighted by Crippen LogP contribution is -2.20. The van der Waals surface area contributed by atoms with E-state index in [2.05, 4.69) is 0 Å². The largest absolute Gasteiger partial charge is 0.396 e. The van der Waals surface area contributed by atoms with E-state index >= 15 is 0 Å². The summed E-state index contributed by atoms with van der Waals surface area (Å²) in [6, 6.07) is 0. The maximum absolute atomic E-state index is 11.2. The van der Waals surface area contributed by atoms with Gasteiger partial charge in [0.15, 0.2) is 9.84 Å². The zero-order chi connectivity index (χ0) is 8.91. The van der Waals surface area contributed by atoms with E-state index in [9.17, 15) is 8.42 Å². The van der Waals surface area contributed by atoms with Gasteiger partial charge < -0.3 is 5.11 Å². The highest BCUT2D eigenvalue weighted by Crippen LogP contribution is 2.06. The summed E-state index contributed by atoms with van der Waals surface area (Å²) in [6.45, 7) is 3.50. The molecule has 1 N–H and O–H groups in total. The van der Waals surface area contributed by atoms with Crippen LogP contribution < -0.4 is 0 Å². The summed E-state index contributed by atoms with van der Waals surface area (Å²) in [5.41, 5.74) is 0. The highest BCUT2D eigenvalue weighted by molar-refractivity contribution is 7.91. The minimum absolute atomic E-state index is 0.0460. The summed E-state index contributed by atoms with van der Waals surface area (Å²) in [7, 11) is -2.93. The van der Waals surface area contributed by atoms with E-state index in [0.717, 1.165) is 0 Å². The highest BCUT2D eigenvalue weighted by atomic mass is 32.2. The zero-order valence-electron chi connectivity index (χ0n) is 7.08. The molecule has 0 aromatic carbocycles. The second-order valence-corrected chi connectivity index (χ2v) is 5.20. The van der Waals surface area contributed by atoms with Crippen LogP contribution in [0.25, 0.3) is 0 Å². The van der Waals surface area contributed by atoms with Crippen LogP contribution in [0, 0.1) is 0 Å². The van der Waals surface area contributed by atoms with E-state index in [-0.39, 0.29) is 17.6 Å². The Balaban J connectivity index is 4.01. The summed E-state index contributed by atoms with van der Waals surface area (Å²) in [6.07, 6.45) is 1.00. The van der Waals surface area contributed by atoms with Crippen molar-refractivity contribution in [2.45, 2.75) is 31.9 Å². The van der Waals surface area contributed by atoms with Gasteiger partial charge in [0.05, 0.1) is 11.0 Å². The zero-order valence-corrected chi connectivity index (χ0v) is 7.89. The van der Waals surface area contributed by atoms with Gasteiger partial charge in [-0.05, 0) is 19.8 Å². The van der Waals surface area contributed by atoms with Crippen LogP contribution in [0.5, 0.6) is 0 Å². The van der Waals surface area contributed by atoms with Gasteiger partial charge in [-0.1, -0.05) is 6.92 Å². The Kier molecular flexibility index (Phi) is 4.68. The molecule has 0 saturated heterocycles. The van der Waals surface area contributed by atoms with Crippen molar-refractivity contribution in [3.05, 3.63) is 0 Å². The van der Waals surface area contributed by atoms with Crippen LogP contribution in [0.3, 0.4) is 0 Å². The fourth-order valence-corrected chi connectivity index (χ4v) is 2.16. The number of hydrogen-bond acceptors (Lipinski definition) is 3. The number of hydrogen-bond donors (Lipinski definition) is 1. The summed E-state index contributed by atoms with van der Waals surface area (Å²) >= 11 is 0. The minimum Gasteiger partial charge on any atom is -0.396 e. The predicted octanol–water partition coefficient (Wildman–Crippen LogP) is 0.582. The Morgan fingerprint density at radius 1 is 1.45 bits per heavy atom. The molecule has 0 aliphatic heterocycles. The van der Waals surface area contributed by atoms with Crippen molar-refractivity contribution in [2.75, 3.05) is 12.4 Å². The number of aliphatic hydroxyl groups excluding tert-OH is 1. The van der Waals surface area contributed by atoms with Gasteiger partial charge in [-0.25, -0.2) is 8.42 Å². The summed E-state index contributed by atoms with van der Waals surface area (Å²) in [5.74, 6) is 0.110. The lowest BCUT2D eigenvalue weighted by atomic mass is 10.4. The summed E-state index contributed by atoms with van der Waals surface area (Å²) in [5, 5.41) is 8.15. The van der Waals surface area contributed by atoms with Gasteiger partial charge in [0.2, 0.25) is 0 Å². The van der Waals surface area contributed by atoms with Gasteiger partial charge in [0.25, 0.3) is 0 Å². The second-order valence-electron chi connectivity index (χ2n) is 2.66. The topological polar surface area (TPSA) is 54.4 Å². The molecule has 0 rings (SSSR count). The Morgan fingerprint density at radius 2 is 2.00 bits per heavy atom. The van der Waals surface area contributed by atoms with Gasteiger partial charge in [-0.2, -0.15) is 0 Å². The third-order valence-electron chi connectivity index (χ3n) is 1.77. The molecule has 0 aromatic heterocycles. The third kappa shape index (κ3) is 3.72. The molecule has 0 spiro atoms. The Hall–Kier alpha value is -0.0900. The first-order valence-corrected chi connectivity index (χ1v) is 5.58. The standard InChI is InChI=1S/C7H16O3S/c1-3-7(2)11(9,10)6-4-5-8/h7-8H,3-6H2,1-2H3. The Morgan fingerprint density at radius 3 is 2.36 bits per heavy atom. The molecule has 0 heterocycles. The van der Waals surface area contributed by atoms with Crippen LogP contribution in [0.2, 0.25) is 0 Å². The first-order chi connectivity index (χ1) is 5.04. The Labute approximate surface area is 68.3 Å². The van der Waals surface area contributed by atoms with Crippen LogP contribution >= 0.6 is 0 Å². The van der Waals surface area contributed by atoms with Crippen molar-refractivity contribution >= 4 is 9.84 Å². The maximum Gasteiger partial charge on any atom is 0.152 e. The normalized spacial score (nSPS) is 14.8. The van der Waals surface area contributed by atoms with Crippen LogP contribution in [0.1, 0.15) is 26.7 Å². The lowest BCUT2D eigenvalue weighted by molar-refractivity contribution is 0.295. The molecule has 0 aliphatic rings. The first kappa shape index (κ1) is 10.9. The van der Waals surface area contributed by atoms with Crippen LogP contribution in [0.4, 0.5) is 0 Å². The maximum atomic E-state index is 11.2. The molecule has 0 aliphatic carbocycles. The Bertz CT molecular complexity index is 184. The average Bonchev–Trinajstić information content (AvgIpc) is 1.99. The van der Waals surface area contributed by atoms with E-state index in [0.29, 0.717) is 12.8 Å². The molecular formula is C7H16O3S. The van der Waals surface area contributed by atoms with E-state index in [1.807, 2.05) is 6.92 Å². The van der Waals surface area contributed by atoms with Gasteiger partial charge in [-0.15, -0.1) is 0 Å². The van der Waals surface area contributed by atoms with E-state index in [1.165, 1.54) is 0 Å². The molecule has 11 heavy (non-hydrogen) atoms. The van der Waals surface area contributed by atoms with Crippen LogP contribution in [-0.4, -0.2) is 31.1 Å². The second kappa shape index (κ2) is 4.72. The van der Waals surface area contributed by atoms with Crippen LogP contribution in [0.15, 0.2) is 0 Å². The molecule has 4 heteroatoms. The molecule has 1 atom stereocenters. The van der Waals surface area contributed by atoms with Crippen molar-refractivity contribution in [1.82, 2.24) is 0 Å². The number of aliphatic hydroxyl groups is 1. The highest BCUT2D eigenvalue weighted by Gasteiger charge is 2.17. The van der Waals surface area contributed by atoms with Crippen molar-refractivity contribution in [1.29, 1.82) is 0 Å². The van der Waals surface area contributed by atoms with Crippen molar-refractivity contribution in [3.8, 4) is 0 Å². The van der Waals surface area contributed by atoms with Gasteiger partial charge in [0, 0.05) is 6.61 Å².